The lowest BCUT2D eigenvalue weighted by atomic mass is 10.1. The SMILES string of the molecule is N=[P+]1Oc2ccc(cc2)-c2ccc(cc2)O1. The van der Waals surface area contributed by atoms with Crippen molar-refractivity contribution in [2.45, 2.75) is 0 Å². The van der Waals surface area contributed by atoms with E-state index in [1.165, 1.54) is 0 Å². The predicted molar refractivity (Wildman–Crippen MR) is 62.8 cm³/mol. The lowest BCUT2D eigenvalue weighted by molar-refractivity contribution is 0.499. The number of benzene rings is 2. The van der Waals surface area contributed by atoms with Crippen molar-refractivity contribution in [3.63, 3.8) is 0 Å². The van der Waals surface area contributed by atoms with Crippen LogP contribution in [0.25, 0.3) is 11.1 Å². The van der Waals surface area contributed by atoms with Gasteiger partial charge in [-0.05, 0) is 40.6 Å². The quantitative estimate of drug-likeness (QED) is 0.689. The van der Waals surface area contributed by atoms with Crippen molar-refractivity contribution < 1.29 is 9.05 Å². The summed E-state index contributed by atoms with van der Waals surface area (Å²) in [5.74, 6) is 1.35. The highest BCUT2D eigenvalue weighted by Gasteiger charge is 2.19. The Bertz CT molecular complexity index is 484. The van der Waals surface area contributed by atoms with Crippen molar-refractivity contribution >= 4 is 8.17 Å². The van der Waals surface area contributed by atoms with Gasteiger partial charge in [0.05, 0.1) is 0 Å². The second kappa shape index (κ2) is 3.62. The van der Waals surface area contributed by atoms with Crippen molar-refractivity contribution in [2.75, 3.05) is 0 Å². The minimum absolute atomic E-state index is 0.673. The maximum Gasteiger partial charge on any atom is 0.664 e. The molecule has 4 bridgehead atoms. The minimum Gasteiger partial charge on any atom is -0.236 e. The van der Waals surface area contributed by atoms with Crippen LogP contribution in [-0.4, -0.2) is 0 Å². The lowest BCUT2D eigenvalue weighted by Gasteiger charge is -1.99. The first-order valence-corrected chi connectivity index (χ1v) is 6.07. The van der Waals surface area contributed by atoms with E-state index >= 15 is 0 Å². The summed E-state index contributed by atoms with van der Waals surface area (Å²) in [4.78, 5) is 0. The summed E-state index contributed by atoms with van der Waals surface area (Å²) in [7, 11) is -1.66. The summed E-state index contributed by atoms with van der Waals surface area (Å²) >= 11 is 0. The van der Waals surface area contributed by atoms with Crippen LogP contribution in [0.1, 0.15) is 0 Å². The van der Waals surface area contributed by atoms with E-state index in [2.05, 4.69) is 0 Å². The molecule has 0 saturated carbocycles. The van der Waals surface area contributed by atoms with Crippen LogP contribution in [0.3, 0.4) is 0 Å². The zero-order valence-corrected chi connectivity index (χ0v) is 9.28. The molecule has 4 heteroatoms. The summed E-state index contributed by atoms with van der Waals surface area (Å²) in [5, 5.41) is 7.68. The van der Waals surface area contributed by atoms with Crippen LogP contribution in [0.5, 0.6) is 11.5 Å². The van der Waals surface area contributed by atoms with E-state index in [4.69, 9.17) is 14.2 Å². The molecule has 2 aromatic carbocycles. The lowest BCUT2D eigenvalue weighted by Crippen LogP contribution is -1.86. The molecule has 0 amide bonds. The number of hydrogen-bond acceptors (Lipinski definition) is 3. The summed E-state index contributed by atoms with van der Waals surface area (Å²) in [6.07, 6.45) is 0. The van der Waals surface area contributed by atoms with Crippen LogP contribution >= 0.6 is 8.17 Å². The molecular formula is C12H9NO2P+. The number of hydrogen-bond donors (Lipinski definition) is 1. The maximum absolute atomic E-state index is 7.68. The monoisotopic (exact) mass is 230 g/mol. The molecule has 0 atom stereocenters. The molecule has 4 heterocycles. The zero-order chi connectivity index (χ0) is 11.0. The van der Waals surface area contributed by atoms with Crippen LogP contribution in [0, 0.1) is 5.16 Å². The van der Waals surface area contributed by atoms with E-state index in [9.17, 15) is 0 Å². The van der Waals surface area contributed by atoms with Gasteiger partial charge in [-0.1, -0.05) is 24.3 Å². The fourth-order valence-corrected chi connectivity index (χ4v) is 2.29. The highest BCUT2D eigenvalue weighted by atomic mass is 31.1. The molecule has 0 unspecified atom stereocenters. The molecule has 78 valence electrons. The fraction of sp³-hybridized carbons (Fsp3) is 0. The third-order valence-electron chi connectivity index (χ3n) is 2.42. The molecule has 0 aliphatic carbocycles. The van der Waals surface area contributed by atoms with Gasteiger partial charge in [-0.15, -0.1) is 0 Å². The van der Waals surface area contributed by atoms with Gasteiger partial charge in [0, 0.05) is 0 Å². The van der Waals surface area contributed by atoms with Crippen molar-refractivity contribution in [2.24, 2.45) is 0 Å². The first-order chi connectivity index (χ1) is 7.81. The number of rotatable bonds is 0. The topological polar surface area (TPSA) is 42.3 Å². The van der Waals surface area contributed by atoms with E-state index in [0.717, 1.165) is 11.1 Å². The molecule has 6 rings (SSSR count). The predicted octanol–water partition coefficient (Wildman–Crippen LogP) is 4.20. The first kappa shape index (κ1) is 9.37. The Morgan fingerprint density at radius 1 is 0.688 bits per heavy atom. The van der Waals surface area contributed by atoms with Crippen LogP contribution in [0.4, 0.5) is 0 Å². The normalized spacial score (nSPS) is 12.9. The van der Waals surface area contributed by atoms with Crippen LogP contribution in [-0.2, 0) is 0 Å². The summed E-state index contributed by atoms with van der Waals surface area (Å²) in [6.45, 7) is 0. The standard InChI is InChI=1S/C12H9NO2P/c13-16-14-11-5-1-9(2-6-11)10-3-7-12(15-16)8-4-10/h1-8,13H/q+1. The van der Waals surface area contributed by atoms with E-state index in [1.807, 2.05) is 48.5 Å². The minimum atomic E-state index is -1.66. The van der Waals surface area contributed by atoms with E-state index in [0.29, 0.717) is 11.5 Å². The smallest absolute Gasteiger partial charge is 0.236 e. The van der Waals surface area contributed by atoms with Crippen LogP contribution in [0.15, 0.2) is 48.5 Å². The molecule has 0 aromatic heterocycles. The van der Waals surface area contributed by atoms with Gasteiger partial charge in [0.2, 0.25) is 0 Å². The Kier molecular flexibility index (Phi) is 2.12. The van der Waals surface area contributed by atoms with Crippen LogP contribution < -0.4 is 9.05 Å². The molecular weight excluding hydrogens is 221 g/mol. The highest BCUT2D eigenvalue weighted by Crippen LogP contribution is 2.34. The molecule has 1 N–H and O–H groups in total. The Morgan fingerprint density at radius 3 is 1.44 bits per heavy atom. The van der Waals surface area contributed by atoms with Gasteiger partial charge in [0.15, 0.2) is 11.5 Å². The maximum atomic E-state index is 7.68. The molecule has 0 radical (unpaired) electrons. The summed E-state index contributed by atoms with van der Waals surface area (Å²) < 4.78 is 10.7. The Hall–Kier alpha value is -1.86. The van der Waals surface area contributed by atoms with E-state index in [1.54, 1.807) is 0 Å². The van der Waals surface area contributed by atoms with Crippen LogP contribution in [0.2, 0.25) is 0 Å². The van der Waals surface area contributed by atoms with Gasteiger partial charge in [-0.25, -0.2) is 9.05 Å². The van der Waals surface area contributed by atoms with Gasteiger partial charge < -0.3 is 0 Å². The molecule has 0 saturated heterocycles. The van der Waals surface area contributed by atoms with E-state index in [-0.39, 0.29) is 0 Å². The molecule has 4 aliphatic rings. The fourth-order valence-electron chi connectivity index (χ4n) is 1.63. The Morgan fingerprint density at radius 2 is 1.06 bits per heavy atom. The number of nitrogens with one attached hydrogen (secondary N) is 1. The van der Waals surface area contributed by atoms with Gasteiger partial charge >= 0.3 is 8.17 Å². The molecule has 16 heavy (non-hydrogen) atoms. The molecule has 0 spiro atoms. The van der Waals surface area contributed by atoms with Crippen molar-refractivity contribution in [1.29, 1.82) is 5.16 Å². The summed E-state index contributed by atoms with van der Waals surface area (Å²) in [5.41, 5.74) is 2.27. The second-order valence-corrected chi connectivity index (χ2v) is 4.37. The molecule has 0 fully saturated rings. The third kappa shape index (κ3) is 1.66. The van der Waals surface area contributed by atoms with Gasteiger partial charge in [-0.3, -0.25) is 0 Å². The zero-order valence-electron chi connectivity index (χ0n) is 8.38. The third-order valence-corrected chi connectivity index (χ3v) is 3.17. The summed E-state index contributed by atoms with van der Waals surface area (Å²) in [6, 6.07) is 15.4. The molecule has 3 nitrogen and oxygen atoms in total. The first-order valence-electron chi connectivity index (χ1n) is 4.89. The highest BCUT2D eigenvalue weighted by molar-refractivity contribution is 7.35. The molecule has 4 aliphatic heterocycles. The van der Waals surface area contributed by atoms with Gasteiger partial charge in [0.1, 0.15) is 0 Å². The molecule has 2 aromatic rings. The average Bonchev–Trinajstić information content (AvgIpc) is 2.37. The van der Waals surface area contributed by atoms with Crippen molar-refractivity contribution in [3.05, 3.63) is 48.5 Å². The van der Waals surface area contributed by atoms with Crippen molar-refractivity contribution in [3.8, 4) is 22.6 Å². The Balaban J connectivity index is 2.20. The largest absolute Gasteiger partial charge is 0.664 e. The van der Waals surface area contributed by atoms with Crippen molar-refractivity contribution in [1.82, 2.24) is 0 Å². The average molecular weight is 230 g/mol. The van der Waals surface area contributed by atoms with Gasteiger partial charge in [-0.2, -0.15) is 0 Å². The second-order valence-electron chi connectivity index (χ2n) is 3.49. The van der Waals surface area contributed by atoms with Gasteiger partial charge in [0.25, 0.3) is 0 Å². The Labute approximate surface area is 94.1 Å². The van der Waals surface area contributed by atoms with E-state index < -0.39 is 8.17 Å².